The molecule has 0 amide bonds. The Morgan fingerprint density at radius 3 is 2.10 bits per heavy atom. The van der Waals surface area contributed by atoms with E-state index in [1.807, 2.05) is 0 Å². The van der Waals surface area contributed by atoms with Crippen LogP contribution in [0.15, 0.2) is 71.6 Å². The second kappa shape index (κ2) is 7.23. The minimum Gasteiger partial charge on any atom is -0.465 e. The molecule has 7 nitrogen and oxygen atoms in total. The number of esters is 1. The molecule has 3 aromatic carbocycles. The van der Waals surface area contributed by atoms with Crippen LogP contribution in [-0.4, -0.2) is 33.1 Å². The molecule has 0 heterocycles. The lowest BCUT2D eigenvalue weighted by Gasteiger charge is -2.20. The second-order valence-corrected chi connectivity index (χ2v) is 8.18. The van der Waals surface area contributed by atoms with E-state index in [4.69, 9.17) is 0 Å². The van der Waals surface area contributed by atoms with Gasteiger partial charge in [0.2, 0.25) is 0 Å². The average molecular weight is 421 g/mol. The molecule has 4 rings (SSSR count). The van der Waals surface area contributed by atoms with Crippen LogP contribution in [0.4, 0.5) is 5.69 Å². The van der Waals surface area contributed by atoms with Crippen molar-refractivity contribution in [1.29, 1.82) is 0 Å². The van der Waals surface area contributed by atoms with E-state index in [-0.39, 0.29) is 38.4 Å². The van der Waals surface area contributed by atoms with Crippen molar-refractivity contribution >= 4 is 33.2 Å². The SMILES string of the molecule is COC(=O)c1ccccc1NS(=O)(=O)c1cccc2c1C(=O)c1ccccc1C2=O. The number of ketones is 2. The molecule has 3 aromatic rings. The van der Waals surface area contributed by atoms with Crippen molar-refractivity contribution in [1.82, 2.24) is 0 Å². The summed E-state index contributed by atoms with van der Waals surface area (Å²) < 4.78 is 33.4. The highest BCUT2D eigenvalue weighted by molar-refractivity contribution is 7.92. The Morgan fingerprint density at radius 1 is 0.800 bits per heavy atom. The maximum Gasteiger partial charge on any atom is 0.339 e. The lowest BCUT2D eigenvalue weighted by molar-refractivity contribution is 0.0601. The molecular formula is C22H15NO6S. The van der Waals surface area contributed by atoms with E-state index >= 15 is 0 Å². The number of carbonyl (C=O) groups is 3. The zero-order chi connectivity index (χ0) is 21.5. The summed E-state index contributed by atoms with van der Waals surface area (Å²) in [7, 11) is -3.13. The lowest BCUT2D eigenvalue weighted by atomic mass is 9.84. The molecule has 30 heavy (non-hydrogen) atoms. The Labute approximate surface area is 172 Å². The number of benzene rings is 3. The van der Waals surface area contributed by atoms with Crippen LogP contribution < -0.4 is 4.72 Å². The topological polar surface area (TPSA) is 107 Å². The first kappa shape index (κ1) is 19.5. The van der Waals surface area contributed by atoms with Crippen LogP contribution >= 0.6 is 0 Å². The Kier molecular flexibility index (Phi) is 4.71. The Bertz CT molecular complexity index is 1330. The molecule has 1 N–H and O–H groups in total. The van der Waals surface area contributed by atoms with Crippen LogP contribution in [0.1, 0.15) is 42.2 Å². The van der Waals surface area contributed by atoms with Crippen LogP contribution in [0.5, 0.6) is 0 Å². The summed E-state index contributed by atoms with van der Waals surface area (Å²) in [6.07, 6.45) is 0. The van der Waals surface area contributed by atoms with E-state index in [1.165, 1.54) is 49.6 Å². The fraction of sp³-hybridized carbons (Fsp3) is 0.0455. The number of ether oxygens (including phenoxy) is 1. The van der Waals surface area contributed by atoms with Gasteiger partial charge in [-0.25, -0.2) is 13.2 Å². The van der Waals surface area contributed by atoms with Gasteiger partial charge in [0.15, 0.2) is 11.6 Å². The minimum absolute atomic E-state index is 0.00284. The number of carbonyl (C=O) groups excluding carboxylic acids is 3. The van der Waals surface area contributed by atoms with Gasteiger partial charge in [-0.2, -0.15) is 0 Å². The number of fused-ring (bicyclic) bond motifs is 2. The molecule has 0 aliphatic heterocycles. The highest BCUT2D eigenvalue weighted by atomic mass is 32.2. The van der Waals surface area contributed by atoms with Crippen molar-refractivity contribution in [2.45, 2.75) is 4.90 Å². The van der Waals surface area contributed by atoms with Gasteiger partial charge in [0.25, 0.3) is 10.0 Å². The van der Waals surface area contributed by atoms with Gasteiger partial charge < -0.3 is 4.74 Å². The molecule has 0 atom stereocenters. The summed E-state index contributed by atoms with van der Waals surface area (Å²) >= 11 is 0. The summed E-state index contributed by atoms with van der Waals surface area (Å²) in [4.78, 5) is 37.5. The van der Waals surface area contributed by atoms with E-state index in [9.17, 15) is 22.8 Å². The fourth-order valence-electron chi connectivity index (χ4n) is 3.40. The largest absolute Gasteiger partial charge is 0.465 e. The fourth-order valence-corrected chi connectivity index (χ4v) is 4.70. The quantitative estimate of drug-likeness (QED) is 0.508. The van der Waals surface area contributed by atoms with Gasteiger partial charge in [0.1, 0.15) is 0 Å². The van der Waals surface area contributed by atoms with Gasteiger partial charge in [-0.15, -0.1) is 0 Å². The Morgan fingerprint density at radius 2 is 1.40 bits per heavy atom. The Balaban J connectivity index is 1.85. The van der Waals surface area contributed by atoms with Crippen LogP contribution in [0.3, 0.4) is 0 Å². The highest BCUT2D eigenvalue weighted by Gasteiger charge is 2.35. The first-order valence-corrected chi connectivity index (χ1v) is 10.3. The van der Waals surface area contributed by atoms with Gasteiger partial charge >= 0.3 is 5.97 Å². The predicted molar refractivity (Wildman–Crippen MR) is 108 cm³/mol. The summed E-state index contributed by atoms with van der Waals surface area (Å²) in [5.41, 5.74) is 0.214. The van der Waals surface area contributed by atoms with Crippen molar-refractivity contribution in [3.05, 3.63) is 94.5 Å². The summed E-state index contributed by atoms with van der Waals surface area (Å²) in [5.74, 6) is -1.70. The maximum atomic E-state index is 13.2. The number of hydrogen-bond acceptors (Lipinski definition) is 6. The number of nitrogens with one attached hydrogen (secondary N) is 1. The zero-order valence-corrected chi connectivity index (χ0v) is 16.5. The molecule has 0 saturated carbocycles. The number of para-hydroxylation sites is 1. The molecule has 0 unspecified atom stereocenters. The normalized spacial score (nSPS) is 12.7. The number of anilines is 1. The molecule has 8 heteroatoms. The number of hydrogen-bond donors (Lipinski definition) is 1. The molecular weight excluding hydrogens is 406 g/mol. The molecule has 1 aliphatic carbocycles. The van der Waals surface area contributed by atoms with Crippen molar-refractivity contribution in [2.75, 3.05) is 11.8 Å². The second-order valence-electron chi connectivity index (χ2n) is 6.53. The molecule has 0 saturated heterocycles. The third-order valence-electron chi connectivity index (χ3n) is 4.78. The van der Waals surface area contributed by atoms with Crippen LogP contribution in [0.2, 0.25) is 0 Å². The van der Waals surface area contributed by atoms with Crippen LogP contribution in [0.25, 0.3) is 0 Å². The lowest BCUT2D eigenvalue weighted by Crippen LogP contribution is -2.25. The van der Waals surface area contributed by atoms with Gasteiger partial charge in [0, 0.05) is 16.7 Å². The molecule has 0 radical (unpaired) electrons. The van der Waals surface area contributed by atoms with Gasteiger partial charge in [-0.05, 0) is 18.2 Å². The molecule has 1 aliphatic rings. The molecule has 0 spiro atoms. The van der Waals surface area contributed by atoms with E-state index in [0.717, 1.165) is 0 Å². The van der Waals surface area contributed by atoms with Crippen molar-refractivity contribution in [3.63, 3.8) is 0 Å². The number of rotatable bonds is 4. The summed E-state index contributed by atoms with van der Waals surface area (Å²) in [5, 5.41) is 0. The highest BCUT2D eigenvalue weighted by Crippen LogP contribution is 2.32. The van der Waals surface area contributed by atoms with Crippen LogP contribution in [0, 0.1) is 0 Å². The van der Waals surface area contributed by atoms with E-state index in [1.54, 1.807) is 24.3 Å². The number of sulfonamides is 1. The molecule has 0 fully saturated rings. The van der Waals surface area contributed by atoms with Gasteiger partial charge in [0.05, 0.1) is 28.8 Å². The molecule has 0 bridgehead atoms. The smallest absolute Gasteiger partial charge is 0.339 e. The van der Waals surface area contributed by atoms with Crippen molar-refractivity contribution in [3.8, 4) is 0 Å². The maximum absolute atomic E-state index is 13.2. The minimum atomic E-state index is -4.31. The monoisotopic (exact) mass is 421 g/mol. The third-order valence-corrected chi connectivity index (χ3v) is 6.19. The van der Waals surface area contributed by atoms with Crippen LogP contribution in [-0.2, 0) is 14.8 Å². The predicted octanol–water partition coefficient (Wildman–Crippen LogP) is 3.05. The molecule has 0 aromatic heterocycles. The summed E-state index contributed by atoms with van der Waals surface area (Å²) in [6, 6.07) is 16.3. The van der Waals surface area contributed by atoms with E-state index in [0.29, 0.717) is 0 Å². The van der Waals surface area contributed by atoms with Crippen molar-refractivity contribution < 1.29 is 27.5 Å². The average Bonchev–Trinajstić information content (AvgIpc) is 2.76. The first-order chi connectivity index (χ1) is 14.3. The first-order valence-electron chi connectivity index (χ1n) is 8.87. The van der Waals surface area contributed by atoms with Gasteiger partial charge in [-0.3, -0.25) is 14.3 Å². The standard InChI is InChI=1S/C22H15NO6S/c1-29-22(26)15-9-4-5-11-17(15)23-30(27,28)18-12-6-10-16-19(18)21(25)14-8-3-2-7-13(14)20(16)24/h2-12,23H,1H3. The number of methoxy groups -OCH3 is 1. The van der Waals surface area contributed by atoms with Crippen molar-refractivity contribution in [2.24, 2.45) is 0 Å². The zero-order valence-electron chi connectivity index (χ0n) is 15.7. The molecule has 150 valence electrons. The van der Waals surface area contributed by atoms with Gasteiger partial charge in [-0.1, -0.05) is 48.5 Å². The van der Waals surface area contributed by atoms with E-state index in [2.05, 4.69) is 9.46 Å². The third kappa shape index (κ3) is 3.07. The summed E-state index contributed by atoms with van der Waals surface area (Å²) in [6.45, 7) is 0. The Hall–Kier alpha value is -3.78. The van der Waals surface area contributed by atoms with E-state index < -0.39 is 27.6 Å².